The summed E-state index contributed by atoms with van der Waals surface area (Å²) in [6.07, 6.45) is 0. The number of hydrogen-bond donors (Lipinski definition) is 0. The highest BCUT2D eigenvalue weighted by Crippen LogP contribution is 2.70. The summed E-state index contributed by atoms with van der Waals surface area (Å²) in [6, 6.07) is 0. The van der Waals surface area contributed by atoms with Gasteiger partial charge in [-0.05, 0) is 0 Å². The van der Waals surface area contributed by atoms with E-state index in [0.717, 1.165) is 0 Å². The van der Waals surface area contributed by atoms with Crippen molar-refractivity contribution in [3.8, 4) is 0 Å². The molecule has 0 N–H and O–H groups in total. The number of alkyl halides is 10. The van der Waals surface area contributed by atoms with Crippen molar-refractivity contribution in [2.24, 2.45) is 0 Å². The van der Waals surface area contributed by atoms with E-state index in [2.05, 4.69) is 4.74 Å². The fraction of sp³-hybridized carbons (Fsp3) is 1.00. The molecular formula is C8H4F10O. The molecule has 0 aromatic rings. The van der Waals surface area contributed by atoms with E-state index in [4.69, 9.17) is 0 Å². The van der Waals surface area contributed by atoms with E-state index in [1.54, 1.807) is 0 Å². The molecule has 2 aliphatic rings. The fourth-order valence-corrected chi connectivity index (χ4v) is 1.57. The van der Waals surface area contributed by atoms with Gasteiger partial charge in [-0.1, -0.05) is 0 Å². The molecule has 2 fully saturated rings. The van der Waals surface area contributed by atoms with Crippen LogP contribution in [0.3, 0.4) is 0 Å². The molecule has 0 bridgehead atoms. The van der Waals surface area contributed by atoms with Crippen molar-refractivity contribution in [2.75, 3.05) is 13.2 Å². The van der Waals surface area contributed by atoms with Crippen LogP contribution in [-0.2, 0) is 4.74 Å². The van der Waals surface area contributed by atoms with E-state index in [9.17, 15) is 43.9 Å². The first-order valence-corrected chi connectivity index (χ1v) is 4.67. The first kappa shape index (κ1) is 14.7. The van der Waals surface area contributed by atoms with E-state index in [1.165, 1.54) is 0 Å². The van der Waals surface area contributed by atoms with Gasteiger partial charge in [0.2, 0.25) is 0 Å². The Morgan fingerprint density at radius 2 is 0.684 bits per heavy atom. The van der Waals surface area contributed by atoms with Gasteiger partial charge < -0.3 is 4.74 Å². The maximum Gasteiger partial charge on any atom is 0.355 e. The zero-order valence-electron chi connectivity index (χ0n) is 8.60. The van der Waals surface area contributed by atoms with Gasteiger partial charge in [0.25, 0.3) is 11.3 Å². The molecule has 1 nitrogen and oxygen atoms in total. The predicted molar refractivity (Wildman–Crippen MR) is 38.3 cm³/mol. The Morgan fingerprint density at radius 1 is 0.474 bits per heavy atom. The minimum atomic E-state index is -5.11. The van der Waals surface area contributed by atoms with Gasteiger partial charge >= 0.3 is 23.7 Å². The molecule has 0 heterocycles. The number of ether oxygens (including phenoxy) is 1. The highest BCUT2D eigenvalue weighted by molar-refractivity contribution is 5.30. The number of halogens is 10. The van der Waals surface area contributed by atoms with Crippen LogP contribution in [0.5, 0.6) is 0 Å². The van der Waals surface area contributed by atoms with Crippen LogP contribution in [0.4, 0.5) is 43.9 Å². The lowest BCUT2D eigenvalue weighted by Gasteiger charge is -2.09. The normalized spacial score (nSPS) is 33.8. The topological polar surface area (TPSA) is 9.23 Å². The van der Waals surface area contributed by atoms with Gasteiger partial charge in [0.1, 0.15) is 0 Å². The maximum atomic E-state index is 12.9. The maximum absolute atomic E-state index is 12.9. The van der Waals surface area contributed by atoms with E-state index in [0.29, 0.717) is 0 Å². The highest BCUT2D eigenvalue weighted by atomic mass is 19.4. The smallest absolute Gasteiger partial charge is 0.355 e. The molecule has 0 unspecified atom stereocenters. The molecule has 0 aliphatic heterocycles. The molecule has 0 amide bonds. The van der Waals surface area contributed by atoms with Crippen molar-refractivity contribution < 1.29 is 48.6 Å². The van der Waals surface area contributed by atoms with E-state index in [-0.39, 0.29) is 0 Å². The van der Waals surface area contributed by atoms with Crippen molar-refractivity contribution in [2.45, 2.75) is 35.0 Å². The van der Waals surface area contributed by atoms with Crippen molar-refractivity contribution in [1.29, 1.82) is 0 Å². The van der Waals surface area contributed by atoms with Crippen LogP contribution < -0.4 is 0 Å². The van der Waals surface area contributed by atoms with Gasteiger partial charge in [-0.2, -0.15) is 35.1 Å². The molecule has 2 aliphatic carbocycles. The second-order valence-electron chi connectivity index (χ2n) is 4.39. The van der Waals surface area contributed by atoms with Crippen molar-refractivity contribution in [3.05, 3.63) is 0 Å². The van der Waals surface area contributed by atoms with Crippen LogP contribution >= 0.6 is 0 Å². The summed E-state index contributed by atoms with van der Waals surface area (Å²) in [4.78, 5) is 0. The third kappa shape index (κ3) is 1.23. The minimum Gasteiger partial charge on any atom is -0.374 e. The van der Waals surface area contributed by atoms with Crippen LogP contribution in [0.2, 0.25) is 0 Å². The molecule has 19 heavy (non-hydrogen) atoms. The van der Waals surface area contributed by atoms with Gasteiger partial charge in [-0.3, -0.25) is 0 Å². The summed E-state index contributed by atoms with van der Waals surface area (Å²) in [6.45, 7) is -4.35. The van der Waals surface area contributed by atoms with Gasteiger partial charge in [0.15, 0.2) is 0 Å². The largest absolute Gasteiger partial charge is 0.374 e. The summed E-state index contributed by atoms with van der Waals surface area (Å²) in [7, 11) is 0. The average molecular weight is 306 g/mol. The fourth-order valence-electron chi connectivity index (χ4n) is 1.57. The molecule has 0 radical (unpaired) electrons. The molecule has 11 heteroatoms. The Labute approximate surface area is 98.1 Å². The Balaban J connectivity index is 1.95. The molecule has 0 atom stereocenters. The van der Waals surface area contributed by atoms with Crippen LogP contribution in [0.15, 0.2) is 0 Å². The predicted octanol–water partition coefficient (Wildman–Crippen LogP) is 2.99. The molecule has 0 aromatic heterocycles. The van der Waals surface area contributed by atoms with Gasteiger partial charge in [-0.15, -0.1) is 0 Å². The van der Waals surface area contributed by atoms with Crippen LogP contribution in [0.1, 0.15) is 0 Å². The minimum absolute atomic E-state index is 2.18. The van der Waals surface area contributed by atoms with Gasteiger partial charge in [-0.25, -0.2) is 8.78 Å². The second kappa shape index (κ2) is 3.12. The summed E-state index contributed by atoms with van der Waals surface area (Å²) in [5, 5.41) is 0. The molecule has 2 rings (SSSR count). The summed E-state index contributed by atoms with van der Waals surface area (Å²) < 4.78 is 128. The zero-order chi connectivity index (χ0) is 15.1. The second-order valence-corrected chi connectivity index (χ2v) is 4.39. The highest BCUT2D eigenvalue weighted by Gasteiger charge is 3.00. The molecule has 0 saturated heterocycles. The first-order valence-electron chi connectivity index (χ1n) is 4.67. The standard InChI is InChI=1S/C8H4F10O/c9-3(5(11,12)6(3,13)14)1-19-2-4(10)7(15,16)8(4,17)18/h1-2H2. The van der Waals surface area contributed by atoms with Crippen LogP contribution in [0, 0.1) is 0 Å². The van der Waals surface area contributed by atoms with Crippen molar-refractivity contribution in [3.63, 3.8) is 0 Å². The quantitative estimate of drug-likeness (QED) is 0.726. The van der Waals surface area contributed by atoms with Gasteiger partial charge in [0.05, 0.1) is 13.2 Å². The lowest BCUT2D eigenvalue weighted by molar-refractivity contribution is -0.0521. The molecule has 2 saturated carbocycles. The third-order valence-corrected chi connectivity index (χ3v) is 3.26. The number of hydrogen-bond acceptors (Lipinski definition) is 1. The molecule has 112 valence electrons. The summed E-state index contributed by atoms with van der Waals surface area (Å²) in [5.41, 5.74) is -9.01. The summed E-state index contributed by atoms with van der Waals surface area (Å²) in [5.74, 6) is -20.5. The van der Waals surface area contributed by atoms with Gasteiger partial charge in [0, 0.05) is 0 Å². The lowest BCUT2D eigenvalue weighted by atomic mass is 10.3. The lowest BCUT2D eigenvalue weighted by Crippen LogP contribution is -2.28. The van der Waals surface area contributed by atoms with E-state index < -0.39 is 48.2 Å². The van der Waals surface area contributed by atoms with E-state index in [1.807, 2.05) is 0 Å². The van der Waals surface area contributed by atoms with Crippen molar-refractivity contribution in [1.82, 2.24) is 0 Å². The van der Waals surface area contributed by atoms with Crippen LogP contribution in [-0.4, -0.2) is 48.2 Å². The molecule has 0 aromatic carbocycles. The Morgan fingerprint density at radius 3 is 0.842 bits per heavy atom. The third-order valence-electron chi connectivity index (χ3n) is 3.26. The Bertz CT molecular complexity index is 350. The first-order chi connectivity index (χ1) is 8.21. The number of rotatable bonds is 4. The Kier molecular flexibility index (Phi) is 2.41. The average Bonchev–Trinajstić information content (AvgIpc) is 2.70. The van der Waals surface area contributed by atoms with Crippen molar-refractivity contribution >= 4 is 0 Å². The zero-order valence-corrected chi connectivity index (χ0v) is 8.60. The molecular weight excluding hydrogens is 302 g/mol. The molecule has 0 spiro atoms. The monoisotopic (exact) mass is 306 g/mol. The Hall–Kier alpha value is -0.740. The summed E-state index contributed by atoms with van der Waals surface area (Å²) >= 11 is 0. The SMILES string of the molecule is FC1(F)C(F)(F)C1(F)COCC1(F)C(F)(F)C1(F)F. The van der Waals surface area contributed by atoms with E-state index >= 15 is 0 Å². The van der Waals surface area contributed by atoms with Crippen LogP contribution in [0.25, 0.3) is 0 Å².